The molecule has 1 unspecified atom stereocenters. The van der Waals surface area contributed by atoms with Crippen LogP contribution < -0.4 is 0 Å². The Labute approximate surface area is 109 Å². The van der Waals surface area contributed by atoms with Crippen molar-refractivity contribution >= 4 is 11.9 Å². The Morgan fingerprint density at radius 2 is 1.78 bits per heavy atom. The van der Waals surface area contributed by atoms with Crippen molar-refractivity contribution in [2.45, 2.75) is 47.5 Å². The lowest BCUT2D eigenvalue weighted by atomic mass is 9.91. The molecule has 0 aliphatic carbocycles. The Kier molecular flexibility index (Phi) is 10.6. The normalized spacial score (nSPS) is 12.1. The molecule has 0 aromatic heterocycles. The molecular formula is C13H26O5. The van der Waals surface area contributed by atoms with Crippen molar-refractivity contribution in [1.29, 1.82) is 0 Å². The Hall–Kier alpha value is -1.10. The molecule has 0 heterocycles. The van der Waals surface area contributed by atoms with E-state index in [0.29, 0.717) is 6.42 Å². The van der Waals surface area contributed by atoms with Crippen LogP contribution in [0.1, 0.15) is 47.5 Å². The predicted molar refractivity (Wildman–Crippen MR) is 69.2 cm³/mol. The maximum Gasteiger partial charge on any atom is 0.309 e. The molecule has 0 amide bonds. The smallest absolute Gasteiger partial charge is 0.309 e. The number of aliphatic hydroxyl groups excluding tert-OH is 1. The number of carboxylic acids is 1. The average Bonchev–Trinajstić information content (AvgIpc) is 2.35. The highest BCUT2D eigenvalue weighted by Crippen LogP contribution is 2.18. The quantitative estimate of drug-likeness (QED) is 0.716. The van der Waals surface area contributed by atoms with Crippen LogP contribution in [0.5, 0.6) is 0 Å². The topological polar surface area (TPSA) is 83.8 Å². The van der Waals surface area contributed by atoms with Gasteiger partial charge in [-0.25, -0.2) is 0 Å². The van der Waals surface area contributed by atoms with Gasteiger partial charge in [-0.05, 0) is 26.7 Å². The third kappa shape index (κ3) is 8.98. The van der Waals surface area contributed by atoms with Gasteiger partial charge in [-0.15, -0.1) is 0 Å². The lowest BCUT2D eigenvalue weighted by molar-refractivity contribution is -0.149. The molecule has 5 nitrogen and oxygen atoms in total. The van der Waals surface area contributed by atoms with Gasteiger partial charge in [0, 0.05) is 0 Å². The van der Waals surface area contributed by atoms with Crippen molar-refractivity contribution in [3.63, 3.8) is 0 Å². The van der Waals surface area contributed by atoms with E-state index >= 15 is 0 Å². The maximum absolute atomic E-state index is 10.8. The first-order valence-corrected chi connectivity index (χ1v) is 6.23. The number of aliphatic carboxylic acids is 1. The summed E-state index contributed by atoms with van der Waals surface area (Å²) in [5, 5.41) is 16.7. The molecule has 0 saturated carbocycles. The molecule has 1 atom stereocenters. The van der Waals surface area contributed by atoms with E-state index in [-0.39, 0.29) is 25.1 Å². The van der Waals surface area contributed by atoms with Gasteiger partial charge in [0.05, 0.1) is 17.9 Å². The predicted octanol–water partition coefficient (Wildman–Crippen LogP) is 2.08. The third-order valence-electron chi connectivity index (χ3n) is 2.81. The fourth-order valence-corrected chi connectivity index (χ4v) is 0.606. The van der Waals surface area contributed by atoms with Gasteiger partial charge >= 0.3 is 11.9 Å². The van der Waals surface area contributed by atoms with Crippen LogP contribution in [0.15, 0.2) is 0 Å². The van der Waals surface area contributed by atoms with Crippen LogP contribution in [0.3, 0.4) is 0 Å². The number of carbonyl (C=O) groups is 2. The van der Waals surface area contributed by atoms with Crippen molar-refractivity contribution in [3.8, 4) is 0 Å². The second kappa shape index (κ2) is 9.88. The summed E-state index contributed by atoms with van der Waals surface area (Å²) in [6.45, 7) is 9.05. The van der Waals surface area contributed by atoms with Gasteiger partial charge in [0.1, 0.15) is 6.61 Å². The molecular weight excluding hydrogens is 236 g/mol. The molecule has 0 saturated heterocycles. The minimum Gasteiger partial charge on any atom is -0.481 e. The van der Waals surface area contributed by atoms with E-state index in [9.17, 15) is 9.59 Å². The molecule has 0 rings (SSSR count). The van der Waals surface area contributed by atoms with Crippen LogP contribution in [-0.4, -0.2) is 35.4 Å². The molecule has 0 aliphatic rings. The minimum atomic E-state index is -0.722. The molecule has 108 valence electrons. The summed E-state index contributed by atoms with van der Waals surface area (Å²) >= 11 is 0. The summed E-state index contributed by atoms with van der Waals surface area (Å²) < 4.78 is 4.65. The maximum atomic E-state index is 10.8. The number of hydrogen-bond acceptors (Lipinski definition) is 4. The lowest BCUT2D eigenvalue weighted by Crippen LogP contribution is -2.21. The molecule has 0 aromatic rings. The Morgan fingerprint density at radius 3 is 2.00 bits per heavy atom. The van der Waals surface area contributed by atoms with E-state index < -0.39 is 11.4 Å². The molecule has 0 aromatic carbocycles. The first-order chi connectivity index (χ1) is 8.22. The summed E-state index contributed by atoms with van der Waals surface area (Å²) in [6.07, 6.45) is 1.46. The highest BCUT2D eigenvalue weighted by atomic mass is 16.5. The van der Waals surface area contributed by atoms with Crippen LogP contribution in [0.4, 0.5) is 0 Å². The molecule has 0 aliphatic heterocycles. The van der Waals surface area contributed by atoms with E-state index in [1.54, 1.807) is 20.8 Å². The average molecular weight is 262 g/mol. The summed E-state index contributed by atoms with van der Waals surface area (Å²) in [5.41, 5.74) is -0.542. The fraction of sp³-hybridized carbons (Fsp3) is 0.846. The highest BCUT2D eigenvalue weighted by molar-refractivity contribution is 5.73. The first-order valence-electron chi connectivity index (χ1n) is 6.23. The molecule has 0 fully saturated rings. The van der Waals surface area contributed by atoms with E-state index in [4.69, 9.17) is 10.2 Å². The van der Waals surface area contributed by atoms with Crippen LogP contribution in [0, 0.1) is 11.3 Å². The molecule has 0 bridgehead atoms. The number of hydrogen-bond donors (Lipinski definition) is 2. The summed E-state index contributed by atoms with van der Waals surface area (Å²) in [5.74, 6) is -0.997. The van der Waals surface area contributed by atoms with Crippen molar-refractivity contribution < 1.29 is 24.5 Å². The van der Waals surface area contributed by atoms with Gasteiger partial charge in [-0.2, -0.15) is 0 Å². The molecule has 5 heteroatoms. The second-order valence-electron chi connectivity index (χ2n) is 4.74. The highest BCUT2D eigenvalue weighted by Gasteiger charge is 2.23. The first kappa shape index (κ1) is 19.2. The van der Waals surface area contributed by atoms with Crippen LogP contribution in [0.25, 0.3) is 0 Å². The number of carboxylic acid groups (broad SMARTS) is 1. The summed E-state index contributed by atoms with van der Waals surface area (Å²) in [6, 6.07) is 0. The zero-order valence-electron chi connectivity index (χ0n) is 12.0. The lowest BCUT2D eigenvalue weighted by Gasteiger charge is -2.14. The minimum absolute atomic E-state index is 0.0495. The van der Waals surface area contributed by atoms with Crippen LogP contribution in [-0.2, 0) is 14.3 Å². The van der Waals surface area contributed by atoms with Gasteiger partial charge in [-0.1, -0.05) is 20.8 Å². The standard InChI is InChI=1S/C7H14O3.C6H12O2/c1-3-6(2)7(9)10-5-4-8;1-4-6(2,3)5(7)8/h6,8H,3-5H2,1-2H3;4H2,1-3H3,(H,7,8). The zero-order valence-corrected chi connectivity index (χ0v) is 12.0. The third-order valence-corrected chi connectivity index (χ3v) is 2.81. The molecule has 0 spiro atoms. The number of ether oxygens (including phenoxy) is 1. The zero-order chi connectivity index (χ0) is 14.8. The van der Waals surface area contributed by atoms with Gasteiger partial charge in [0.25, 0.3) is 0 Å². The Balaban J connectivity index is 0. The van der Waals surface area contributed by atoms with Crippen molar-refractivity contribution in [1.82, 2.24) is 0 Å². The second-order valence-corrected chi connectivity index (χ2v) is 4.74. The van der Waals surface area contributed by atoms with E-state index in [2.05, 4.69) is 4.74 Å². The van der Waals surface area contributed by atoms with Crippen LogP contribution in [0.2, 0.25) is 0 Å². The van der Waals surface area contributed by atoms with E-state index in [0.717, 1.165) is 6.42 Å². The number of carbonyl (C=O) groups excluding carboxylic acids is 1. The largest absolute Gasteiger partial charge is 0.481 e. The monoisotopic (exact) mass is 262 g/mol. The summed E-state index contributed by atoms with van der Waals surface area (Å²) in [7, 11) is 0. The summed E-state index contributed by atoms with van der Waals surface area (Å²) in [4.78, 5) is 21.1. The number of aliphatic hydroxyl groups is 1. The van der Waals surface area contributed by atoms with Gasteiger partial charge in [0.2, 0.25) is 0 Å². The Bertz CT molecular complexity index is 248. The number of rotatable bonds is 6. The van der Waals surface area contributed by atoms with Gasteiger partial charge in [-0.3, -0.25) is 9.59 Å². The van der Waals surface area contributed by atoms with Crippen molar-refractivity contribution in [3.05, 3.63) is 0 Å². The van der Waals surface area contributed by atoms with Crippen LogP contribution >= 0.6 is 0 Å². The number of esters is 1. The molecule has 2 N–H and O–H groups in total. The van der Waals surface area contributed by atoms with Crippen molar-refractivity contribution in [2.75, 3.05) is 13.2 Å². The van der Waals surface area contributed by atoms with Gasteiger partial charge < -0.3 is 14.9 Å². The molecule has 0 radical (unpaired) electrons. The van der Waals surface area contributed by atoms with E-state index in [1.807, 2.05) is 13.8 Å². The molecule has 18 heavy (non-hydrogen) atoms. The Morgan fingerprint density at radius 1 is 1.28 bits per heavy atom. The van der Waals surface area contributed by atoms with E-state index in [1.165, 1.54) is 0 Å². The fourth-order valence-electron chi connectivity index (χ4n) is 0.606. The van der Waals surface area contributed by atoms with Crippen molar-refractivity contribution in [2.24, 2.45) is 11.3 Å². The SMILES string of the molecule is CCC(C)(C)C(=O)O.CCC(C)C(=O)OCCO. The van der Waals surface area contributed by atoms with Gasteiger partial charge in [0.15, 0.2) is 0 Å².